The van der Waals surface area contributed by atoms with Crippen LogP contribution in [0.25, 0.3) is 11.1 Å². The summed E-state index contributed by atoms with van der Waals surface area (Å²) in [5, 5.41) is 11.6. The van der Waals surface area contributed by atoms with Crippen LogP contribution in [0.15, 0.2) is 24.5 Å². The molecule has 8 heteroatoms. The average molecular weight is 338 g/mol. The number of aromatic nitrogens is 1. The number of rotatable bonds is 2. The molecule has 0 aliphatic carbocycles. The molecular formula is C11H4Cl4N2O2. The minimum Gasteiger partial charge on any atom is -0.258 e. The molecule has 0 amide bonds. The van der Waals surface area contributed by atoms with Crippen LogP contribution in [0.4, 0.5) is 5.69 Å². The number of nitrogens with zero attached hydrogens (tertiary/aromatic N) is 2. The molecule has 0 bridgehead atoms. The maximum Gasteiger partial charge on any atom is 0.306 e. The Hall–Kier alpha value is -1.07. The van der Waals surface area contributed by atoms with Gasteiger partial charge in [0.15, 0.2) is 0 Å². The molecule has 0 unspecified atom stereocenters. The number of nitro groups is 1. The topological polar surface area (TPSA) is 56.0 Å². The van der Waals surface area contributed by atoms with Crippen molar-refractivity contribution < 1.29 is 4.92 Å². The number of hydrogen-bond acceptors (Lipinski definition) is 3. The van der Waals surface area contributed by atoms with E-state index in [1.165, 1.54) is 18.3 Å². The summed E-state index contributed by atoms with van der Waals surface area (Å²) in [5.41, 5.74) is 0.317. The summed E-state index contributed by atoms with van der Waals surface area (Å²) < 4.78 is 0. The van der Waals surface area contributed by atoms with Crippen molar-refractivity contribution in [3.63, 3.8) is 0 Å². The number of benzene rings is 1. The van der Waals surface area contributed by atoms with E-state index in [9.17, 15) is 10.1 Å². The average Bonchev–Trinajstić information content (AvgIpc) is 2.29. The molecule has 0 saturated heterocycles. The second-order valence-corrected chi connectivity index (χ2v) is 5.15. The van der Waals surface area contributed by atoms with Gasteiger partial charge in [-0.1, -0.05) is 46.4 Å². The van der Waals surface area contributed by atoms with Gasteiger partial charge in [0.05, 0.1) is 15.0 Å². The predicted octanol–water partition coefficient (Wildman–Crippen LogP) is 5.27. The highest BCUT2D eigenvalue weighted by Gasteiger charge is 2.21. The predicted molar refractivity (Wildman–Crippen MR) is 76.4 cm³/mol. The monoisotopic (exact) mass is 336 g/mol. The van der Waals surface area contributed by atoms with Gasteiger partial charge in [0, 0.05) is 22.3 Å². The first kappa shape index (κ1) is 14.3. The summed E-state index contributed by atoms with van der Waals surface area (Å²) in [6.45, 7) is 0. The van der Waals surface area contributed by atoms with Crippen LogP contribution in [0, 0.1) is 10.1 Å². The lowest BCUT2D eigenvalue weighted by atomic mass is 10.1. The Bertz CT molecular complexity index is 653. The van der Waals surface area contributed by atoms with Gasteiger partial charge < -0.3 is 0 Å². The first-order valence-corrected chi connectivity index (χ1v) is 6.35. The Labute approximate surface area is 128 Å². The van der Waals surface area contributed by atoms with E-state index in [4.69, 9.17) is 46.4 Å². The summed E-state index contributed by atoms with van der Waals surface area (Å²) in [6.07, 6.45) is 2.42. The molecule has 0 radical (unpaired) electrons. The van der Waals surface area contributed by atoms with Gasteiger partial charge in [-0.25, -0.2) is 0 Å². The standard InChI is InChI=1S/C11H4Cl4N2O2/c12-5-1-7(13)10(8(14)2-5)6-3-16-4-9(11(6)15)17(18)19/h1-4H. The second-order valence-electron chi connectivity index (χ2n) is 3.52. The molecule has 19 heavy (non-hydrogen) atoms. The fourth-order valence-corrected chi connectivity index (χ4v) is 2.82. The van der Waals surface area contributed by atoms with Gasteiger partial charge in [-0.15, -0.1) is 0 Å². The maximum absolute atomic E-state index is 10.8. The molecule has 0 aliphatic heterocycles. The van der Waals surface area contributed by atoms with Gasteiger partial charge in [-0.3, -0.25) is 15.1 Å². The lowest BCUT2D eigenvalue weighted by Crippen LogP contribution is -1.93. The van der Waals surface area contributed by atoms with Crippen LogP contribution < -0.4 is 0 Å². The normalized spacial score (nSPS) is 10.5. The minimum atomic E-state index is -0.628. The summed E-state index contributed by atoms with van der Waals surface area (Å²) in [4.78, 5) is 14.0. The van der Waals surface area contributed by atoms with E-state index < -0.39 is 4.92 Å². The Balaban J connectivity index is 2.73. The van der Waals surface area contributed by atoms with Crippen LogP contribution in [0.5, 0.6) is 0 Å². The van der Waals surface area contributed by atoms with Gasteiger partial charge in [0.2, 0.25) is 0 Å². The molecule has 0 fully saturated rings. The summed E-state index contributed by atoms with van der Waals surface area (Å²) >= 11 is 23.9. The highest BCUT2D eigenvalue weighted by molar-refractivity contribution is 6.43. The molecule has 0 saturated carbocycles. The van der Waals surface area contributed by atoms with E-state index in [0.29, 0.717) is 10.6 Å². The Kier molecular flexibility index (Phi) is 4.16. The van der Waals surface area contributed by atoms with Crippen LogP contribution >= 0.6 is 46.4 Å². The van der Waals surface area contributed by atoms with Crippen molar-refractivity contribution >= 4 is 52.1 Å². The quantitative estimate of drug-likeness (QED) is 0.554. The van der Waals surface area contributed by atoms with Gasteiger partial charge >= 0.3 is 5.69 Å². The van der Waals surface area contributed by atoms with E-state index in [2.05, 4.69) is 4.98 Å². The molecule has 4 nitrogen and oxygen atoms in total. The van der Waals surface area contributed by atoms with Gasteiger partial charge in [0.1, 0.15) is 11.2 Å². The highest BCUT2D eigenvalue weighted by Crippen LogP contribution is 2.42. The van der Waals surface area contributed by atoms with Gasteiger partial charge in [0.25, 0.3) is 0 Å². The van der Waals surface area contributed by atoms with Gasteiger partial charge in [-0.05, 0) is 12.1 Å². The molecule has 1 aromatic carbocycles. The number of pyridine rings is 1. The smallest absolute Gasteiger partial charge is 0.258 e. The highest BCUT2D eigenvalue weighted by atomic mass is 35.5. The fraction of sp³-hybridized carbons (Fsp3) is 0. The third kappa shape index (κ3) is 2.77. The molecule has 0 atom stereocenters. The summed E-state index contributed by atoms with van der Waals surface area (Å²) in [5.74, 6) is 0. The zero-order valence-electron chi connectivity index (χ0n) is 9.03. The Morgan fingerprint density at radius 3 is 2.16 bits per heavy atom. The Morgan fingerprint density at radius 1 is 1.05 bits per heavy atom. The van der Waals surface area contributed by atoms with E-state index in [1.807, 2.05) is 0 Å². The SMILES string of the molecule is O=[N+]([O-])c1cncc(-c2c(Cl)cc(Cl)cc2Cl)c1Cl. The minimum absolute atomic E-state index is 0.0777. The van der Waals surface area contributed by atoms with Crippen LogP contribution in [0.1, 0.15) is 0 Å². The number of halogens is 4. The molecule has 0 spiro atoms. The van der Waals surface area contributed by atoms with Crippen molar-refractivity contribution in [3.8, 4) is 11.1 Å². The molecule has 1 heterocycles. The van der Waals surface area contributed by atoms with Crippen molar-refractivity contribution in [2.24, 2.45) is 0 Å². The zero-order valence-corrected chi connectivity index (χ0v) is 12.1. The van der Waals surface area contributed by atoms with Crippen molar-refractivity contribution in [1.29, 1.82) is 0 Å². The maximum atomic E-state index is 10.8. The first-order valence-electron chi connectivity index (χ1n) is 4.84. The van der Waals surface area contributed by atoms with E-state index in [-0.39, 0.29) is 26.3 Å². The molecule has 1 aromatic heterocycles. The van der Waals surface area contributed by atoms with Crippen molar-refractivity contribution in [1.82, 2.24) is 4.98 Å². The zero-order chi connectivity index (χ0) is 14.2. The molecule has 2 rings (SSSR count). The third-order valence-corrected chi connectivity index (χ3v) is 3.55. The largest absolute Gasteiger partial charge is 0.306 e. The number of hydrogen-bond donors (Lipinski definition) is 0. The molecule has 0 N–H and O–H groups in total. The van der Waals surface area contributed by atoms with Crippen LogP contribution in [-0.2, 0) is 0 Å². The Morgan fingerprint density at radius 2 is 1.63 bits per heavy atom. The fourth-order valence-electron chi connectivity index (χ4n) is 1.53. The van der Waals surface area contributed by atoms with E-state index in [0.717, 1.165) is 6.20 Å². The van der Waals surface area contributed by atoms with Crippen molar-refractivity contribution in [2.45, 2.75) is 0 Å². The van der Waals surface area contributed by atoms with Crippen LogP contribution in [0.2, 0.25) is 20.1 Å². The lowest BCUT2D eigenvalue weighted by Gasteiger charge is -2.09. The third-order valence-electron chi connectivity index (χ3n) is 2.33. The molecule has 98 valence electrons. The lowest BCUT2D eigenvalue weighted by molar-refractivity contribution is -0.385. The summed E-state index contributed by atoms with van der Waals surface area (Å²) in [6, 6.07) is 2.94. The first-order chi connectivity index (χ1) is 8.91. The van der Waals surface area contributed by atoms with E-state index >= 15 is 0 Å². The van der Waals surface area contributed by atoms with Crippen molar-refractivity contribution in [3.05, 3.63) is 54.7 Å². The van der Waals surface area contributed by atoms with Gasteiger partial charge in [-0.2, -0.15) is 0 Å². The van der Waals surface area contributed by atoms with E-state index in [1.54, 1.807) is 0 Å². The molecular weight excluding hydrogens is 334 g/mol. The van der Waals surface area contributed by atoms with Crippen molar-refractivity contribution in [2.75, 3.05) is 0 Å². The molecule has 2 aromatic rings. The van der Waals surface area contributed by atoms with Crippen LogP contribution in [0.3, 0.4) is 0 Å². The molecule has 0 aliphatic rings. The second kappa shape index (κ2) is 5.51. The van der Waals surface area contributed by atoms with Crippen LogP contribution in [-0.4, -0.2) is 9.91 Å². The summed E-state index contributed by atoms with van der Waals surface area (Å²) in [7, 11) is 0.